The molecule has 1 amide bonds. The molecule has 0 saturated carbocycles. The Bertz CT molecular complexity index is 1130. The maximum atomic E-state index is 13.2. The smallest absolute Gasteiger partial charge is 0.243 e. The van der Waals surface area contributed by atoms with Crippen LogP contribution in [-0.2, 0) is 27.7 Å². The first-order valence-electron chi connectivity index (χ1n) is 9.75. The van der Waals surface area contributed by atoms with E-state index >= 15 is 0 Å². The molecule has 9 heteroatoms. The van der Waals surface area contributed by atoms with Crippen LogP contribution >= 0.6 is 0 Å². The summed E-state index contributed by atoms with van der Waals surface area (Å²) >= 11 is 0. The number of aromatic nitrogens is 2. The highest BCUT2D eigenvalue weighted by Crippen LogP contribution is 2.23. The number of hydrogen-bond acceptors (Lipinski definition) is 6. The van der Waals surface area contributed by atoms with E-state index in [1.54, 1.807) is 24.3 Å². The minimum Gasteiger partial charge on any atom is -0.353 e. The van der Waals surface area contributed by atoms with E-state index in [2.05, 4.69) is 15.5 Å². The van der Waals surface area contributed by atoms with Gasteiger partial charge in [0.1, 0.15) is 6.04 Å². The third-order valence-corrected chi connectivity index (χ3v) is 7.01. The summed E-state index contributed by atoms with van der Waals surface area (Å²) in [5.41, 5.74) is 1.82. The van der Waals surface area contributed by atoms with Crippen molar-refractivity contribution in [2.24, 2.45) is 0 Å². The zero-order chi connectivity index (χ0) is 21.1. The normalized spacial score (nSPS) is 17.6. The molecule has 156 valence electrons. The van der Waals surface area contributed by atoms with Gasteiger partial charge in [-0.15, -0.1) is 0 Å². The Morgan fingerprint density at radius 1 is 1.13 bits per heavy atom. The fraction of sp³-hybridized carbons (Fsp3) is 0.286. The molecule has 8 nitrogen and oxygen atoms in total. The van der Waals surface area contributed by atoms with Crippen molar-refractivity contribution in [2.45, 2.75) is 30.7 Å². The molecule has 0 bridgehead atoms. The largest absolute Gasteiger partial charge is 0.353 e. The zero-order valence-electron chi connectivity index (χ0n) is 16.5. The molecule has 1 N–H and O–H groups in total. The van der Waals surface area contributed by atoms with E-state index in [1.807, 2.05) is 37.3 Å². The van der Waals surface area contributed by atoms with Gasteiger partial charge in [-0.05, 0) is 24.1 Å². The van der Waals surface area contributed by atoms with Crippen molar-refractivity contribution in [3.05, 3.63) is 66.1 Å². The first kappa shape index (κ1) is 20.2. The second kappa shape index (κ2) is 8.37. The van der Waals surface area contributed by atoms with Crippen LogP contribution in [0.2, 0.25) is 0 Å². The van der Waals surface area contributed by atoms with Gasteiger partial charge < -0.3 is 9.84 Å². The first-order valence-corrected chi connectivity index (χ1v) is 11.2. The predicted octanol–water partition coefficient (Wildman–Crippen LogP) is 2.03. The SMILES string of the molecule is CCc1ccc(S(=O)(=O)N2CCNC(=O)C2Cc2nc(-c3ccccc3)no2)cc1. The number of aryl methyl sites for hydroxylation is 1. The molecule has 1 fully saturated rings. The van der Waals surface area contributed by atoms with Crippen LogP contribution in [0.3, 0.4) is 0 Å². The van der Waals surface area contributed by atoms with Gasteiger partial charge in [0.15, 0.2) is 0 Å². The van der Waals surface area contributed by atoms with Crippen LogP contribution in [-0.4, -0.2) is 47.9 Å². The minimum absolute atomic E-state index is 0.00204. The Hall–Kier alpha value is -3.04. The molecule has 1 unspecified atom stereocenters. The molecule has 3 aromatic rings. The average Bonchev–Trinajstić information content (AvgIpc) is 3.24. The van der Waals surface area contributed by atoms with E-state index < -0.39 is 16.1 Å². The molecule has 1 aliphatic heterocycles. The van der Waals surface area contributed by atoms with E-state index in [1.165, 1.54) is 4.31 Å². The highest BCUT2D eigenvalue weighted by atomic mass is 32.2. The lowest BCUT2D eigenvalue weighted by atomic mass is 10.1. The van der Waals surface area contributed by atoms with Gasteiger partial charge in [-0.2, -0.15) is 9.29 Å². The molecular weight excluding hydrogens is 404 g/mol. The van der Waals surface area contributed by atoms with Gasteiger partial charge in [0.05, 0.1) is 11.3 Å². The van der Waals surface area contributed by atoms with E-state index in [-0.39, 0.29) is 36.2 Å². The summed E-state index contributed by atoms with van der Waals surface area (Å²) in [7, 11) is -3.85. The number of hydrogen-bond donors (Lipinski definition) is 1. The average molecular weight is 426 g/mol. The lowest BCUT2D eigenvalue weighted by molar-refractivity contribution is -0.126. The molecule has 4 rings (SSSR count). The molecule has 2 heterocycles. The van der Waals surface area contributed by atoms with E-state index in [4.69, 9.17) is 4.52 Å². The van der Waals surface area contributed by atoms with Crippen molar-refractivity contribution in [1.29, 1.82) is 0 Å². The van der Waals surface area contributed by atoms with Gasteiger partial charge in [0, 0.05) is 18.7 Å². The second-order valence-corrected chi connectivity index (χ2v) is 8.89. The highest BCUT2D eigenvalue weighted by Gasteiger charge is 2.39. The third-order valence-electron chi connectivity index (χ3n) is 5.09. The van der Waals surface area contributed by atoms with Gasteiger partial charge in [0.2, 0.25) is 27.6 Å². The molecule has 1 aromatic heterocycles. The van der Waals surface area contributed by atoms with Gasteiger partial charge in [-0.25, -0.2) is 8.42 Å². The fourth-order valence-corrected chi connectivity index (χ4v) is 5.00. The second-order valence-electron chi connectivity index (χ2n) is 7.00. The molecule has 1 atom stereocenters. The third kappa shape index (κ3) is 3.99. The number of benzene rings is 2. The van der Waals surface area contributed by atoms with Crippen LogP contribution in [0.25, 0.3) is 11.4 Å². The number of carbonyl (C=O) groups excluding carboxylic acids is 1. The van der Waals surface area contributed by atoms with Crippen molar-refractivity contribution in [3.63, 3.8) is 0 Å². The topological polar surface area (TPSA) is 105 Å². The number of sulfonamides is 1. The summed E-state index contributed by atoms with van der Waals surface area (Å²) in [6, 6.07) is 15.1. The summed E-state index contributed by atoms with van der Waals surface area (Å²) < 4.78 is 33.0. The van der Waals surface area contributed by atoms with Crippen LogP contribution in [0, 0.1) is 0 Å². The maximum absolute atomic E-state index is 13.2. The van der Waals surface area contributed by atoms with Crippen molar-refractivity contribution >= 4 is 15.9 Å². The Labute approximate surface area is 175 Å². The van der Waals surface area contributed by atoms with Gasteiger partial charge in [0.25, 0.3) is 0 Å². The quantitative estimate of drug-likeness (QED) is 0.647. The first-order chi connectivity index (χ1) is 14.5. The van der Waals surface area contributed by atoms with Crippen LogP contribution in [0.5, 0.6) is 0 Å². The number of nitrogens with zero attached hydrogens (tertiary/aromatic N) is 3. The van der Waals surface area contributed by atoms with Crippen molar-refractivity contribution < 1.29 is 17.7 Å². The van der Waals surface area contributed by atoms with E-state index in [9.17, 15) is 13.2 Å². The summed E-state index contributed by atoms with van der Waals surface area (Å²) in [5.74, 6) is 0.221. The molecule has 1 aliphatic rings. The number of carbonyl (C=O) groups is 1. The van der Waals surface area contributed by atoms with Gasteiger partial charge in [-0.3, -0.25) is 4.79 Å². The van der Waals surface area contributed by atoms with E-state index in [0.29, 0.717) is 5.82 Å². The fourth-order valence-electron chi connectivity index (χ4n) is 3.42. The Morgan fingerprint density at radius 3 is 2.57 bits per heavy atom. The van der Waals surface area contributed by atoms with Crippen LogP contribution in [0.4, 0.5) is 0 Å². The Kier molecular flexibility index (Phi) is 5.65. The molecule has 0 radical (unpaired) electrons. The summed E-state index contributed by atoms with van der Waals surface area (Å²) in [6.45, 7) is 2.43. The van der Waals surface area contributed by atoms with Crippen LogP contribution in [0.1, 0.15) is 18.4 Å². The summed E-state index contributed by atoms with van der Waals surface area (Å²) in [6.07, 6.45) is 0.813. The zero-order valence-corrected chi connectivity index (χ0v) is 17.3. The molecule has 30 heavy (non-hydrogen) atoms. The summed E-state index contributed by atoms with van der Waals surface area (Å²) in [4.78, 5) is 17.1. The lowest BCUT2D eigenvalue weighted by Gasteiger charge is -2.33. The number of amides is 1. The number of nitrogens with one attached hydrogen (secondary N) is 1. The number of rotatable bonds is 6. The van der Waals surface area contributed by atoms with Gasteiger partial charge >= 0.3 is 0 Å². The van der Waals surface area contributed by atoms with Gasteiger partial charge in [-0.1, -0.05) is 54.5 Å². The highest BCUT2D eigenvalue weighted by molar-refractivity contribution is 7.89. The van der Waals surface area contributed by atoms with Crippen molar-refractivity contribution in [2.75, 3.05) is 13.1 Å². The van der Waals surface area contributed by atoms with Crippen LogP contribution in [0.15, 0.2) is 64.0 Å². The lowest BCUT2D eigenvalue weighted by Crippen LogP contribution is -2.57. The Balaban J connectivity index is 1.60. The minimum atomic E-state index is -3.85. The monoisotopic (exact) mass is 426 g/mol. The molecule has 0 spiro atoms. The Morgan fingerprint density at radius 2 is 1.87 bits per heavy atom. The number of piperazine rings is 1. The molecular formula is C21H22N4O4S. The molecule has 1 saturated heterocycles. The van der Waals surface area contributed by atoms with Crippen LogP contribution < -0.4 is 5.32 Å². The van der Waals surface area contributed by atoms with Crippen molar-refractivity contribution in [3.8, 4) is 11.4 Å². The predicted molar refractivity (Wildman–Crippen MR) is 110 cm³/mol. The molecule has 2 aromatic carbocycles. The molecule has 0 aliphatic carbocycles. The van der Waals surface area contributed by atoms with Crippen molar-refractivity contribution in [1.82, 2.24) is 19.8 Å². The maximum Gasteiger partial charge on any atom is 0.243 e. The van der Waals surface area contributed by atoms with E-state index in [0.717, 1.165) is 17.5 Å². The standard InChI is InChI=1S/C21H22N4O4S/c1-2-15-8-10-17(11-9-15)30(27,28)25-13-12-22-21(26)18(25)14-19-23-20(24-29-19)16-6-4-3-5-7-16/h3-11,18H,2,12-14H2,1H3,(H,22,26). The summed E-state index contributed by atoms with van der Waals surface area (Å²) in [5, 5.41) is 6.68.